The van der Waals surface area contributed by atoms with Crippen molar-refractivity contribution in [1.29, 1.82) is 0 Å². The smallest absolute Gasteiger partial charge is 0.321 e. The molecule has 1 atom stereocenters. The molecule has 0 aromatic rings. The summed E-state index contributed by atoms with van der Waals surface area (Å²) >= 11 is 4.04. The maximum Gasteiger partial charge on any atom is 0.321 e. The minimum atomic E-state index is -0.863. The first kappa shape index (κ1) is 28.4. The van der Waals surface area contributed by atoms with Gasteiger partial charge in [-0.25, -0.2) is 0 Å². The van der Waals surface area contributed by atoms with Crippen LogP contribution in [0.3, 0.4) is 0 Å². The molecule has 170 valence electrons. The molecule has 2 N–H and O–H groups in total. The van der Waals surface area contributed by atoms with E-state index in [2.05, 4.69) is 63.0 Å². The van der Waals surface area contributed by atoms with Gasteiger partial charge < -0.3 is 10.4 Å². The average molecular weight is 436 g/mol. The largest absolute Gasteiger partial charge is 0.480 e. The normalized spacial score (nSPS) is 14.7. The Bertz CT molecular complexity index is 659. The number of carboxylic acid groups (broad SMARTS) is 1. The highest BCUT2D eigenvalue weighted by atomic mass is 32.1. The number of rotatable bonds is 16. The summed E-state index contributed by atoms with van der Waals surface area (Å²) < 4.78 is 0. The first-order chi connectivity index (χ1) is 14.1. The molecule has 0 aromatic carbocycles. The maximum absolute atomic E-state index is 11.1. The van der Waals surface area contributed by atoms with E-state index in [0.717, 1.165) is 44.1 Å². The lowest BCUT2D eigenvalue weighted by atomic mass is 10.0. The molecule has 0 saturated heterocycles. The Morgan fingerprint density at radius 1 is 0.800 bits per heavy atom. The van der Waals surface area contributed by atoms with Crippen LogP contribution in [-0.2, 0) is 9.59 Å². The number of hydrogen-bond donors (Lipinski definition) is 3. The summed E-state index contributed by atoms with van der Waals surface area (Å²) in [4.78, 5) is 22.0. The van der Waals surface area contributed by atoms with Gasteiger partial charge in [0, 0.05) is 18.7 Å². The number of carbonyl (C=O) groups is 2. The predicted molar refractivity (Wildman–Crippen MR) is 131 cm³/mol. The van der Waals surface area contributed by atoms with E-state index >= 15 is 0 Å². The molecule has 0 spiro atoms. The van der Waals surface area contributed by atoms with E-state index in [1.807, 2.05) is 6.92 Å². The standard InChI is InChI=1S/C25H41NO3S/c1-19(9-6-10-20(2)12-8-14-22(4)17-23(5)27)11-7-13-21(3)15-16-26-24(18-30)25(28)29/h10-11,14-15,24,26,30H,6-9,12-13,16-18H2,1-5H3,(H,28,29)/t24-/m0/s1. The van der Waals surface area contributed by atoms with Gasteiger partial charge in [-0.05, 0) is 73.1 Å². The third kappa shape index (κ3) is 16.2. The van der Waals surface area contributed by atoms with Gasteiger partial charge >= 0.3 is 5.97 Å². The molecule has 0 bridgehead atoms. The Morgan fingerprint density at radius 3 is 1.63 bits per heavy atom. The van der Waals surface area contributed by atoms with Gasteiger partial charge in [0.25, 0.3) is 0 Å². The average Bonchev–Trinajstić information content (AvgIpc) is 2.64. The maximum atomic E-state index is 11.1. The summed E-state index contributed by atoms with van der Waals surface area (Å²) in [6, 6.07) is -0.600. The number of Topliss-reactive ketones (excluding diaryl/α,β-unsaturated/α-hetero) is 1. The van der Waals surface area contributed by atoms with E-state index in [0.29, 0.717) is 13.0 Å². The predicted octanol–water partition coefficient (Wildman–Crippen LogP) is 6.06. The van der Waals surface area contributed by atoms with E-state index in [1.54, 1.807) is 6.92 Å². The van der Waals surface area contributed by atoms with E-state index in [9.17, 15) is 9.59 Å². The summed E-state index contributed by atoms with van der Waals surface area (Å²) in [5, 5.41) is 12.0. The number of aliphatic carboxylic acids is 1. The Balaban J connectivity index is 4.14. The Morgan fingerprint density at radius 2 is 1.23 bits per heavy atom. The summed E-state index contributed by atoms with van der Waals surface area (Å²) in [6.45, 7) is 10.7. The minimum Gasteiger partial charge on any atom is -0.480 e. The number of hydrogen-bond acceptors (Lipinski definition) is 4. The van der Waals surface area contributed by atoms with Gasteiger partial charge in [-0.2, -0.15) is 12.6 Å². The second-order valence-electron chi connectivity index (χ2n) is 8.18. The summed E-state index contributed by atoms with van der Waals surface area (Å²) in [5.74, 6) is -0.353. The zero-order chi connectivity index (χ0) is 22.9. The third-order valence-electron chi connectivity index (χ3n) is 4.92. The highest BCUT2D eigenvalue weighted by Gasteiger charge is 2.12. The molecule has 30 heavy (non-hydrogen) atoms. The van der Waals surface area contributed by atoms with Crippen LogP contribution in [0.15, 0.2) is 46.6 Å². The van der Waals surface area contributed by atoms with Crippen molar-refractivity contribution in [1.82, 2.24) is 5.32 Å². The molecule has 0 radical (unpaired) electrons. The van der Waals surface area contributed by atoms with Crippen LogP contribution in [0.1, 0.15) is 79.6 Å². The number of carboxylic acids is 1. The SMILES string of the molecule is CC(=O)CC(C)=CCCC(C)=CCCC(C)=CCCC(C)=CCN[C@@H](CS)C(=O)O. The van der Waals surface area contributed by atoms with Gasteiger partial charge in [-0.3, -0.25) is 9.59 Å². The Labute approximate surface area is 189 Å². The zero-order valence-electron chi connectivity index (χ0n) is 19.5. The van der Waals surface area contributed by atoms with Crippen LogP contribution in [0.25, 0.3) is 0 Å². The van der Waals surface area contributed by atoms with Crippen molar-refractivity contribution in [2.24, 2.45) is 0 Å². The highest BCUT2D eigenvalue weighted by Crippen LogP contribution is 2.14. The van der Waals surface area contributed by atoms with Gasteiger partial charge in [0.2, 0.25) is 0 Å². The van der Waals surface area contributed by atoms with Crippen molar-refractivity contribution < 1.29 is 14.7 Å². The molecule has 0 saturated carbocycles. The Hall–Kier alpha value is -1.59. The second-order valence-corrected chi connectivity index (χ2v) is 8.54. The van der Waals surface area contributed by atoms with Crippen molar-refractivity contribution in [3.05, 3.63) is 46.6 Å². The molecule has 0 aliphatic rings. The van der Waals surface area contributed by atoms with Crippen LogP contribution in [0, 0.1) is 0 Å². The van der Waals surface area contributed by atoms with Crippen molar-refractivity contribution >= 4 is 24.4 Å². The number of nitrogens with one attached hydrogen (secondary N) is 1. The number of allylic oxidation sites excluding steroid dienone is 7. The van der Waals surface area contributed by atoms with Gasteiger partial charge in [-0.1, -0.05) is 46.6 Å². The van der Waals surface area contributed by atoms with Gasteiger partial charge in [0.15, 0.2) is 0 Å². The fourth-order valence-corrected chi connectivity index (χ4v) is 3.30. The van der Waals surface area contributed by atoms with Crippen LogP contribution >= 0.6 is 12.6 Å². The first-order valence-corrected chi connectivity index (χ1v) is 11.5. The molecule has 0 unspecified atom stereocenters. The summed E-state index contributed by atoms with van der Waals surface area (Å²) in [7, 11) is 0. The summed E-state index contributed by atoms with van der Waals surface area (Å²) in [5.41, 5.74) is 5.24. The molecule has 0 heterocycles. The van der Waals surface area contributed by atoms with Crippen molar-refractivity contribution in [3.8, 4) is 0 Å². The van der Waals surface area contributed by atoms with Crippen LogP contribution in [0.5, 0.6) is 0 Å². The van der Waals surface area contributed by atoms with Crippen LogP contribution in [0.2, 0.25) is 0 Å². The van der Waals surface area contributed by atoms with Crippen molar-refractivity contribution in [2.75, 3.05) is 12.3 Å². The fourth-order valence-electron chi connectivity index (χ4n) is 3.02. The quantitative estimate of drug-likeness (QED) is 0.203. The van der Waals surface area contributed by atoms with Crippen LogP contribution in [-0.4, -0.2) is 35.2 Å². The van der Waals surface area contributed by atoms with Gasteiger partial charge in [0.1, 0.15) is 11.8 Å². The molecule has 5 heteroatoms. The monoisotopic (exact) mass is 435 g/mol. The van der Waals surface area contributed by atoms with Crippen molar-refractivity contribution in [2.45, 2.75) is 85.6 Å². The van der Waals surface area contributed by atoms with E-state index in [-0.39, 0.29) is 11.5 Å². The topological polar surface area (TPSA) is 66.4 Å². The molecular weight excluding hydrogens is 394 g/mol. The van der Waals surface area contributed by atoms with Crippen molar-refractivity contribution in [3.63, 3.8) is 0 Å². The lowest BCUT2D eigenvalue weighted by Crippen LogP contribution is -2.38. The minimum absolute atomic E-state index is 0.223. The zero-order valence-corrected chi connectivity index (χ0v) is 20.4. The third-order valence-corrected chi connectivity index (χ3v) is 5.28. The second kappa shape index (κ2) is 17.1. The molecule has 0 aromatic heterocycles. The molecule has 0 rings (SSSR count). The van der Waals surface area contributed by atoms with Gasteiger partial charge in [0.05, 0.1) is 0 Å². The summed E-state index contributed by atoms with van der Waals surface area (Å²) in [6.07, 6.45) is 15.6. The fraction of sp³-hybridized carbons (Fsp3) is 0.600. The number of thiol groups is 1. The number of ketones is 1. The molecule has 0 amide bonds. The Kier molecular flexibility index (Phi) is 16.2. The van der Waals surface area contributed by atoms with E-state index in [1.165, 1.54) is 16.7 Å². The molecular formula is C25H41NO3S. The van der Waals surface area contributed by atoms with Crippen LogP contribution in [0.4, 0.5) is 0 Å². The highest BCUT2D eigenvalue weighted by molar-refractivity contribution is 7.80. The van der Waals surface area contributed by atoms with E-state index in [4.69, 9.17) is 5.11 Å². The van der Waals surface area contributed by atoms with Crippen LogP contribution < -0.4 is 5.32 Å². The molecule has 0 aliphatic carbocycles. The first-order valence-electron chi connectivity index (χ1n) is 10.8. The lowest BCUT2D eigenvalue weighted by Gasteiger charge is -2.10. The number of carbonyl (C=O) groups excluding carboxylic acids is 1. The van der Waals surface area contributed by atoms with Gasteiger partial charge in [-0.15, -0.1) is 0 Å². The molecule has 0 fully saturated rings. The lowest BCUT2D eigenvalue weighted by molar-refractivity contribution is -0.138. The molecule has 4 nitrogen and oxygen atoms in total. The molecule has 0 aliphatic heterocycles. The van der Waals surface area contributed by atoms with E-state index < -0.39 is 12.0 Å².